The Labute approximate surface area is 243 Å². The second kappa shape index (κ2) is 15.8. The van der Waals surface area contributed by atoms with Crippen molar-refractivity contribution in [1.29, 1.82) is 0 Å². The van der Waals surface area contributed by atoms with Crippen molar-refractivity contribution in [3.63, 3.8) is 0 Å². The van der Waals surface area contributed by atoms with Crippen LogP contribution in [0.3, 0.4) is 0 Å². The van der Waals surface area contributed by atoms with E-state index in [1.54, 1.807) is 17.8 Å². The zero-order valence-corrected chi connectivity index (χ0v) is 25.0. The lowest BCUT2D eigenvalue weighted by molar-refractivity contribution is -0.139. The number of aliphatic carboxylic acids is 1. The first-order valence-corrected chi connectivity index (χ1v) is 15.2. The van der Waals surface area contributed by atoms with E-state index in [0.29, 0.717) is 44.0 Å². The van der Waals surface area contributed by atoms with Crippen LogP contribution in [0.1, 0.15) is 40.4 Å². The monoisotopic (exact) mass is 613 g/mol. The summed E-state index contributed by atoms with van der Waals surface area (Å²) in [5, 5.41) is 12.3. The van der Waals surface area contributed by atoms with Gasteiger partial charge in [-0.15, -0.1) is 0 Å². The molecule has 0 fully saturated rings. The summed E-state index contributed by atoms with van der Waals surface area (Å²) in [6, 6.07) is 20.6. The van der Waals surface area contributed by atoms with E-state index in [9.17, 15) is 14.7 Å². The van der Waals surface area contributed by atoms with E-state index < -0.39 is 17.9 Å². The Kier molecular flexibility index (Phi) is 12.5. The molecule has 1 amide bonds. The molecule has 3 aromatic rings. The van der Waals surface area contributed by atoms with Gasteiger partial charge in [0.15, 0.2) is 0 Å². The lowest BCUT2D eigenvalue weighted by atomic mass is 9.93. The highest BCUT2D eigenvalue weighted by Crippen LogP contribution is 2.29. The Morgan fingerprint density at radius 2 is 1.82 bits per heavy atom. The van der Waals surface area contributed by atoms with Gasteiger partial charge in [0.05, 0.1) is 19.3 Å². The fraction of sp³-hybridized carbons (Fsp3) is 0.355. The third-order valence-corrected chi connectivity index (χ3v) is 7.46. The van der Waals surface area contributed by atoms with Gasteiger partial charge in [0.25, 0.3) is 5.91 Å². The van der Waals surface area contributed by atoms with Crippen molar-refractivity contribution in [2.24, 2.45) is 0 Å². The van der Waals surface area contributed by atoms with Crippen molar-refractivity contribution < 1.29 is 24.2 Å². The molecule has 0 aromatic heterocycles. The molecule has 0 saturated heterocycles. The molecule has 0 bridgehead atoms. The van der Waals surface area contributed by atoms with Gasteiger partial charge in [0.2, 0.25) is 0 Å². The molecule has 6 nitrogen and oxygen atoms in total. The fourth-order valence-electron chi connectivity index (χ4n) is 4.26. The van der Waals surface area contributed by atoms with Crippen molar-refractivity contribution in [1.82, 2.24) is 5.32 Å². The Hall–Kier alpha value is -2.65. The Bertz CT molecular complexity index is 1250. The molecule has 3 aromatic carbocycles. The maximum Gasteiger partial charge on any atom is 0.326 e. The molecular weight excluding hydrogens is 578 g/mol. The van der Waals surface area contributed by atoms with Crippen LogP contribution in [0.2, 0.25) is 0 Å². The van der Waals surface area contributed by atoms with E-state index in [1.165, 1.54) is 0 Å². The summed E-state index contributed by atoms with van der Waals surface area (Å²) in [5.41, 5.74) is 5.18. The minimum absolute atomic E-state index is 0.142. The molecule has 39 heavy (non-hydrogen) atoms. The van der Waals surface area contributed by atoms with Gasteiger partial charge in [-0.3, -0.25) is 4.79 Å². The number of nitrogens with one attached hydrogen (secondary N) is 1. The fourth-order valence-corrected chi connectivity index (χ4v) is 5.18. The maximum absolute atomic E-state index is 13.3. The average molecular weight is 615 g/mol. The number of amides is 1. The van der Waals surface area contributed by atoms with Crippen molar-refractivity contribution in [2.45, 2.75) is 45.4 Å². The zero-order valence-electron chi connectivity index (χ0n) is 22.6. The van der Waals surface area contributed by atoms with Crippen LogP contribution in [0.25, 0.3) is 11.1 Å². The van der Waals surface area contributed by atoms with Gasteiger partial charge in [-0.2, -0.15) is 11.8 Å². The predicted molar refractivity (Wildman–Crippen MR) is 161 cm³/mol. The largest absolute Gasteiger partial charge is 0.480 e. The molecule has 2 atom stereocenters. The topological polar surface area (TPSA) is 84.9 Å². The molecule has 0 spiro atoms. The van der Waals surface area contributed by atoms with Crippen LogP contribution in [0.15, 0.2) is 71.2 Å². The van der Waals surface area contributed by atoms with Crippen molar-refractivity contribution in [3.8, 4) is 11.1 Å². The number of aryl methyl sites for hydroxylation is 1. The van der Waals surface area contributed by atoms with Gasteiger partial charge in [0, 0.05) is 23.1 Å². The number of carbonyl (C=O) groups excluding carboxylic acids is 1. The third-order valence-electron chi connectivity index (χ3n) is 6.32. The minimum atomic E-state index is -1.04. The summed E-state index contributed by atoms with van der Waals surface area (Å²) < 4.78 is 13.0. The van der Waals surface area contributed by atoms with Crippen LogP contribution < -0.4 is 5.32 Å². The van der Waals surface area contributed by atoms with Gasteiger partial charge >= 0.3 is 5.97 Å². The molecule has 0 aliphatic carbocycles. The Morgan fingerprint density at radius 1 is 1.03 bits per heavy atom. The number of ether oxygens (including phenoxy) is 2. The van der Waals surface area contributed by atoms with E-state index >= 15 is 0 Å². The second-order valence-electron chi connectivity index (χ2n) is 9.27. The molecule has 208 valence electrons. The van der Waals surface area contributed by atoms with E-state index in [1.807, 2.05) is 68.6 Å². The van der Waals surface area contributed by atoms with E-state index in [4.69, 9.17) is 9.47 Å². The Morgan fingerprint density at radius 3 is 2.51 bits per heavy atom. The molecule has 0 aliphatic rings. The Balaban J connectivity index is 1.86. The zero-order chi connectivity index (χ0) is 28.2. The van der Waals surface area contributed by atoms with Gasteiger partial charge in [-0.05, 0) is 84.4 Å². The molecule has 0 saturated carbocycles. The SMILES string of the molecule is CCOCC(Cc1cccc(Br)c1)OCc1ccc(C(=O)NC(CCSC)C(=O)O)c(-c2ccccc2C)c1. The number of carboxylic acid groups (broad SMARTS) is 1. The summed E-state index contributed by atoms with van der Waals surface area (Å²) >= 11 is 5.08. The first-order valence-electron chi connectivity index (χ1n) is 13.0. The van der Waals surface area contributed by atoms with Crippen molar-refractivity contribution in [3.05, 3.63) is 93.5 Å². The number of rotatable bonds is 15. The van der Waals surface area contributed by atoms with Crippen LogP contribution >= 0.6 is 27.7 Å². The van der Waals surface area contributed by atoms with Crippen LogP contribution in [-0.2, 0) is 27.3 Å². The lowest BCUT2D eigenvalue weighted by Crippen LogP contribution is -2.41. The highest BCUT2D eigenvalue weighted by molar-refractivity contribution is 9.10. The minimum Gasteiger partial charge on any atom is -0.480 e. The number of carbonyl (C=O) groups is 2. The smallest absolute Gasteiger partial charge is 0.326 e. The van der Waals surface area contributed by atoms with Crippen LogP contribution in [-0.4, -0.2) is 54.4 Å². The van der Waals surface area contributed by atoms with Gasteiger partial charge in [-0.1, -0.05) is 58.4 Å². The number of hydrogen-bond acceptors (Lipinski definition) is 5. The number of hydrogen-bond donors (Lipinski definition) is 2. The highest BCUT2D eigenvalue weighted by atomic mass is 79.9. The predicted octanol–water partition coefficient (Wildman–Crippen LogP) is 6.53. The summed E-state index contributed by atoms with van der Waals surface area (Å²) in [5.74, 6) is -0.801. The van der Waals surface area contributed by atoms with E-state index in [-0.39, 0.29) is 6.10 Å². The molecule has 0 heterocycles. The van der Waals surface area contributed by atoms with Gasteiger partial charge in [0.1, 0.15) is 6.04 Å². The maximum atomic E-state index is 13.3. The second-order valence-corrected chi connectivity index (χ2v) is 11.2. The van der Waals surface area contributed by atoms with Gasteiger partial charge < -0.3 is 19.9 Å². The first kappa shape index (κ1) is 30.9. The molecule has 2 N–H and O–H groups in total. The number of carboxylic acids is 1. The molecular formula is C31H36BrNO5S. The molecule has 2 unspecified atom stereocenters. The average Bonchev–Trinajstić information content (AvgIpc) is 2.92. The summed E-state index contributed by atoms with van der Waals surface area (Å²) in [6.07, 6.45) is 2.83. The normalized spacial score (nSPS) is 12.6. The molecule has 0 radical (unpaired) electrons. The highest BCUT2D eigenvalue weighted by Gasteiger charge is 2.23. The van der Waals surface area contributed by atoms with Crippen LogP contribution in [0.5, 0.6) is 0 Å². The summed E-state index contributed by atoms with van der Waals surface area (Å²) in [4.78, 5) is 25.1. The third kappa shape index (κ3) is 9.49. The first-order chi connectivity index (χ1) is 18.8. The van der Waals surface area contributed by atoms with Crippen molar-refractivity contribution >= 4 is 39.6 Å². The summed E-state index contributed by atoms with van der Waals surface area (Å²) in [6.45, 7) is 5.38. The van der Waals surface area contributed by atoms with Crippen molar-refractivity contribution in [2.75, 3.05) is 25.2 Å². The standard InChI is InChI=1S/C31H36BrNO5S/c1-4-37-20-25(17-22-9-7-10-24(32)16-22)38-19-23-12-13-27(28(18-23)26-11-6-5-8-21(26)2)30(34)33-29(31(35)36)14-15-39-3/h5-13,16,18,25,29H,4,14-15,17,19-20H2,1-3H3,(H,33,34)(H,35,36). The van der Waals surface area contributed by atoms with E-state index in [2.05, 4.69) is 33.4 Å². The van der Waals surface area contributed by atoms with Crippen LogP contribution in [0, 0.1) is 6.92 Å². The van der Waals surface area contributed by atoms with Crippen LogP contribution in [0.4, 0.5) is 0 Å². The lowest BCUT2D eigenvalue weighted by Gasteiger charge is -2.20. The number of thioether (sulfide) groups is 1. The molecule has 3 rings (SSSR count). The van der Waals surface area contributed by atoms with Gasteiger partial charge in [-0.25, -0.2) is 4.79 Å². The van der Waals surface area contributed by atoms with E-state index in [0.717, 1.165) is 32.3 Å². The quantitative estimate of drug-likeness (QED) is 0.203. The number of benzene rings is 3. The molecule has 8 heteroatoms. The molecule has 0 aliphatic heterocycles. The number of halogens is 1. The summed E-state index contributed by atoms with van der Waals surface area (Å²) in [7, 11) is 0.